The van der Waals surface area contributed by atoms with Gasteiger partial charge >= 0.3 is 5.97 Å². The van der Waals surface area contributed by atoms with E-state index in [1.165, 1.54) is 7.11 Å². The maximum atomic E-state index is 12.0. The zero-order chi connectivity index (χ0) is 17.6. The van der Waals surface area contributed by atoms with E-state index in [1.54, 1.807) is 7.11 Å². The van der Waals surface area contributed by atoms with E-state index < -0.39 is 11.9 Å². The minimum absolute atomic E-state index is 0.101. The minimum Gasteiger partial charge on any atom is -0.497 e. The van der Waals surface area contributed by atoms with E-state index in [0.29, 0.717) is 11.3 Å². The second-order valence-electron chi connectivity index (χ2n) is 5.93. The van der Waals surface area contributed by atoms with E-state index in [4.69, 9.17) is 9.47 Å². The van der Waals surface area contributed by atoms with Crippen molar-refractivity contribution in [2.45, 2.75) is 12.1 Å². The quantitative estimate of drug-likeness (QED) is 0.588. The van der Waals surface area contributed by atoms with Crippen molar-refractivity contribution in [2.24, 2.45) is 0 Å². The first kappa shape index (κ1) is 15.3. The van der Waals surface area contributed by atoms with Crippen LogP contribution in [0.5, 0.6) is 5.75 Å². The van der Waals surface area contributed by atoms with E-state index >= 15 is 0 Å². The van der Waals surface area contributed by atoms with Crippen molar-refractivity contribution in [3.63, 3.8) is 0 Å². The molecule has 3 N–H and O–H groups in total. The Morgan fingerprint density at radius 1 is 1.00 bits per heavy atom. The summed E-state index contributed by atoms with van der Waals surface area (Å²) in [6, 6.07) is 11.4. The highest BCUT2D eigenvalue weighted by Crippen LogP contribution is 2.44. The molecular formula is C18H17N3O4. The molecule has 0 fully saturated rings. The van der Waals surface area contributed by atoms with Gasteiger partial charge in [0.1, 0.15) is 11.9 Å². The highest BCUT2D eigenvalue weighted by molar-refractivity contribution is 6.15. The van der Waals surface area contributed by atoms with Crippen LogP contribution in [-0.2, 0) is 14.3 Å². The summed E-state index contributed by atoms with van der Waals surface area (Å²) in [5, 5.41) is 9.48. The molecular weight excluding hydrogens is 322 g/mol. The normalized spacial score (nSPS) is 20.0. The van der Waals surface area contributed by atoms with Gasteiger partial charge in [-0.25, -0.2) is 0 Å². The van der Waals surface area contributed by atoms with Gasteiger partial charge in [0.15, 0.2) is 5.92 Å². The van der Waals surface area contributed by atoms with Crippen molar-refractivity contribution in [1.82, 2.24) is 0 Å². The zero-order valence-corrected chi connectivity index (χ0v) is 13.8. The maximum absolute atomic E-state index is 12.0. The fourth-order valence-corrected chi connectivity index (χ4v) is 3.21. The molecule has 2 unspecified atom stereocenters. The van der Waals surface area contributed by atoms with Crippen molar-refractivity contribution >= 4 is 28.9 Å². The molecule has 1 amide bonds. The van der Waals surface area contributed by atoms with Crippen molar-refractivity contribution in [3.8, 4) is 5.75 Å². The van der Waals surface area contributed by atoms with Gasteiger partial charge in [-0.1, -0.05) is 12.1 Å². The van der Waals surface area contributed by atoms with Crippen molar-refractivity contribution in [3.05, 3.63) is 47.5 Å². The summed E-state index contributed by atoms with van der Waals surface area (Å²) < 4.78 is 9.92. The van der Waals surface area contributed by atoms with Crippen LogP contribution in [0.2, 0.25) is 0 Å². The number of fused-ring (bicyclic) bond motifs is 2. The number of nitrogens with one attached hydrogen (secondary N) is 3. The lowest BCUT2D eigenvalue weighted by atomic mass is 10.00. The van der Waals surface area contributed by atoms with Gasteiger partial charge in [-0.2, -0.15) is 0 Å². The number of ether oxygens (including phenoxy) is 2. The molecule has 7 nitrogen and oxygen atoms in total. The van der Waals surface area contributed by atoms with Crippen LogP contribution in [0.4, 0.5) is 17.1 Å². The molecule has 0 aliphatic carbocycles. The standard InChI is InChI=1S/C18H17N3O4/c1-24-10-5-3-9(4-6-10)16-19-13-7-11-12(8-14(13)20-16)21-17(22)15(11)18(23)25-2/h3-8,15-16,19-20H,1-2H3,(H,21,22). The van der Waals surface area contributed by atoms with Crippen LogP contribution in [0.25, 0.3) is 0 Å². The molecule has 128 valence electrons. The summed E-state index contributed by atoms with van der Waals surface area (Å²) in [4.78, 5) is 23.9. The van der Waals surface area contributed by atoms with Crippen molar-refractivity contribution < 1.29 is 19.1 Å². The SMILES string of the molecule is COC(=O)C1C(=O)Nc2cc3c(cc21)NC(c1ccc(OC)cc1)N3. The number of esters is 1. The topological polar surface area (TPSA) is 88.7 Å². The molecule has 2 aromatic carbocycles. The molecule has 0 saturated carbocycles. The van der Waals surface area contributed by atoms with Gasteiger partial charge in [-0.15, -0.1) is 0 Å². The first-order valence-electron chi connectivity index (χ1n) is 7.84. The van der Waals surface area contributed by atoms with Crippen LogP contribution < -0.4 is 20.7 Å². The number of carbonyl (C=O) groups excluding carboxylic acids is 2. The van der Waals surface area contributed by atoms with E-state index in [-0.39, 0.29) is 12.1 Å². The minimum atomic E-state index is -0.924. The van der Waals surface area contributed by atoms with Crippen LogP contribution in [0.1, 0.15) is 23.2 Å². The van der Waals surface area contributed by atoms with Crippen LogP contribution in [0.3, 0.4) is 0 Å². The molecule has 2 atom stereocenters. The van der Waals surface area contributed by atoms with Crippen LogP contribution in [0, 0.1) is 0 Å². The largest absolute Gasteiger partial charge is 0.497 e. The maximum Gasteiger partial charge on any atom is 0.322 e. The number of rotatable bonds is 3. The number of benzene rings is 2. The lowest BCUT2D eigenvalue weighted by Gasteiger charge is -2.13. The molecule has 2 heterocycles. The highest BCUT2D eigenvalue weighted by atomic mass is 16.5. The first-order valence-corrected chi connectivity index (χ1v) is 7.84. The first-order chi connectivity index (χ1) is 12.1. The van der Waals surface area contributed by atoms with Crippen LogP contribution >= 0.6 is 0 Å². The molecule has 0 spiro atoms. The number of hydrogen-bond acceptors (Lipinski definition) is 6. The summed E-state index contributed by atoms with van der Waals surface area (Å²) in [5.41, 5.74) is 4.00. The summed E-state index contributed by atoms with van der Waals surface area (Å²) >= 11 is 0. The van der Waals surface area contributed by atoms with Gasteiger partial charge < -0.3 is 25.4 Å². The highest BCUT2D eigenvalue weighted by Gasteiger charge is 2.39. The van der Waals surface area contributed by atoms with Gasteiger partial charge in [0, 0.05) is 11.3 Å². The number of methoxy groups -OCH3 is 2. The van der Waals surface area contributed by atoms with Crippen LogP contribution in [-0.4, -0.2) is 26.1 Å². The predicted molar refractivity (Wildman–Crippen MR) is 92.8 cm³/mol. The Morgan fingerprint density at radius 2 is 1.68 bits per heavy atom. The third-order valence-corrected chi connectivity index (χ3v) is 4.51. The Kier molecular flexibility index (Phi) is 3.49. The van der Waals surface area contributed by atoms with Gasteiger partial charge in [0.25, 0.3) is 0 Å². The average Bonchev–Trinajstić information content (AvgIpc) is 3.18. The van der Waals surface area contributed by atoms with E-state index in [0.717, 1.165) is 22.7 Å². The molecule has 7 heteroatoms. The number of anilines is 3. The third-order valence-electron chi connectivity index (χ3n) is 4.51. The Morgan fingerprint density at radius 3 is 2.32 bits per heavy atom. The Balaban J connectivity index is 1.63. The molecule has 0 saturated heterocycles. The third kappa shape index (κ3) is 2.44. The number of hydrogen-bond donors (Lipinski definition) is 3. The zero-order valence-electron chi connectivity index (χ0n) is 13.8. The van der Waals surface area contributed by atoms with E-state index in [9.17, 15) is 9.59 Å². The van der Waals surface area contributed by atoms with Crippen LogP contribution in [0.15, 0.2) is 36.4 Å². The smallest absolute Gasteiger partial charge is 0.322 e. The lowest BCUT2D eigenvalue weighted by molar-refractivity contribution is -0.144. The van der Waals surface area contributed by atoms with E-state index in [1.807, 2.05) is 36.4 Å². The molecule has 0 radical (unpaired) electrons. The summed E-state index contributed by atoms with van der Waals surface area (Å²) in [5.74, 6) is -1.06. The molecule has 2 aliphatic heterocycles. The fraction of sp³-hybridized carbons (Fsp3) is 0.222. The second kappa shape index (κ2) is 5.70. The monoisotopic (exact) mass is 339 g/mol. The van der Waals surface area contributed by atoms with E-state index in [2.05, 4.69) is 16.0 Å². The van der Waals surface area contributed by atoms with Gasteiger partial charge in [0.05, 0.1) is 25.6 Å². The molecule has 25 heavy (non-hydrogen) atoms. The second-order valence-corrected chi connectivity index (χ2v) is 5.93. The fourth-order valence-electron chi connectivity index (χ4n) is 3.21. The molecule has 2 aromatic rings. The molecule has 4 rings (SSSR count). The molecule has 2 aliphatic rings. The lowest BCUT2D eigenvalue weighted by Crippen LogP contribution is -2.21. The summed E-state index contributed by atoms with van der Waals surface area (Å²) in [6.45, 7) is 0. The number of carbonyl (C=O) groups is 2. The Labute approximate surface area is 144 Å². The summed E-state index contributed by atoms with van der Waals surface area (Å²) in [7, 11) is 2.91. The van der Waals surface area contributed by atoms with Gasteiger partial charge in [0.2, 0.25) is 5.91 Å². The predicted octanol–water partition coefficient (Wildman–Crippen LogP) is 2.44. The average molecular weight is 339 g/mol. The number of amides is 1. The molecule has 0 aromatic heterocycles. The Bertz CT molecular complexity index is 863. The summed E-state index contributed by atoms with van der Waals surface area (Å²) in [6.07, 6.45) is -0.101. The Hall–Kier alpha value is -3.22. The van der Waals surface area contributed by atoms with Crippen molar-refractivity contribution in [2.75, 3.05) is 30.2 Å². The van der Waals surface area contributed by atoms with Gasteiger partial charge in [-0.05, 0) is 29.8 Å². The van der Waals surface area contributed by atoms with Crippen molar-refractivity contribution in [1.29, 1.82) is 0 Å². The van der Waals surface area contributed by atoms with Gasteiger partial charge in [-0.3, -0.25) is 9.59 Å². The molecule has 0 bridgehead atoms.